The number of fused-ring (bicyclic) bond motifs is 1. The second-order valence-corrected chi connectivity index (χ2v) is 9.62. The molecule has 0 radical (unpaired) electrons. The van der Waals surface area contributed by atoms with E-state index in [0.29, 0.717) is 5.56 Å². The minimum atomic E-state index is -0.872. The summed E-state index contributed by atoms with van der Waals surface area (Å²) >= 11 is 0. The van der Waals surface area contributed by atoms with Crippen LogP contribution in [-0.4, -0.2) is 34.6 Å². The highest BCUT2D eigenvalue weighted by molar-refractivity contribution is 5.88. The lowest BCUT2D eigenvalue weighted by atomic mass is 9.83. The van der Waals surface area contributed by atoms with Crippen molar-refractivity contribution in [3.8, 4) is 5.75 Å². The Hall–Kier alpha value is -2.79. The van der Waals surface area contributed by atoms with Crippen LogP contribution in [-0.2, 0) is 6.54 Å². The highest BCUT2D eigenvalue weighted by Crippen LogP contribution is 2.44. The molecule has 0 spiro atoms. The van der Waals surface area contributed by atoms with Crippen molar-refractivity contribution in [3.63, 3.8) is 0 Å². The molecular weight excluding hydrogens is 400 g/mol. The minimum absolute atomic E-state index is 0.287. The number of H-pyrrole nitrogens is 1. The van der Waals surface area contributed by atoms with Crippen LogP contribution in [0.1, 0.15) is 65.2 Å². The van der Waals surface area contributed by atoms with Gasteiger partial charge in [0.15, 0.2) is 0 Å². The van der Waals surface area contributed by atoms with Crippen molar-refractivity contribution in [2.75, 3.05) is 13.7 Å². The van der Waals surface area contributed by atoms with E-state index in [2.05, 4.69) is 28.9 Å². The van der Waals surface area contributed by atoms with Crippen LogP contribution >= 0.6 is 0 Å². The van der Waals surface area contributed by atoms with E-state index >= 15 is 0 Å². The molecule has 1 unspecified atom stereocenters. The van der Waals surface area contributed by atoms with Gasteiger partial charge in [-0.2, -0.15) is 0 Å². The normalized spacial score (nSPS) is 21.7. The fourth-order valence-corrected chi connectivity index (χ4v) is 5.49. The third-order valence-corrected chi connectivity index (χ3v) is 7.42. The van der Waals surface area contributed by atoms with Crippen molar-refractivity contribution in [1.82, 2.24) is 9.88 Å². The van der Waals surface area contributed by atoms with E-state index in [1.165, 1.54) is 53.3 Å². The number of piperidine rings is 1. The lowest BCUT2D eigenvalue weighted by molar-refractivity contribution is 0.0696. The number of ether oxygens (including phenoxy) is 1. The molecule has 2 N–H and O–H groups in total. The quantitative estimate of drug-likeness (QED) is 0.485. The van der Waals surface area contributed by atoms with Crippen LogP contribution in [0.15, 0.2) is 42.6 Å². The second-order valence-electron chi connectivity index (χ2n) is 9.62. The van der Waals surface area contributed by atoms with Gasteiger partial charge in [-0.1, -0.05) is 25.0 Å². The average Bonchev–Trinajstić information content (AvgIpc) is 3.47. The first kappa shape index (κ1) is 21.1. The van der Waals surface area contributed by atoms with Crippen molar-refractivity contribution in [3.05, 3.63) is 64.8 Å². The zero-order chi connectivity index (χ0) is 22.2. The Morgan fingerprint density at radius 3 is 2.62 bits per heavy atom. The van der Waals surface area contributed by atoms with E-state index in [-0.39, 0.29) is 6.04 Å². The van der Waals surface area contributed by atoms with Gasteiger partial charge in [0.05, 0.1) is 12.7 Å². The number of nitrogens with one attached hydrogen (secondary N) is 1. The van der Waals surface area contributed by atoms with Crippen molar-refractivity contribution in [2.45, 2.75) is 51.6 Å². The number of methoxy groups -OCH3 is 1. The summed E-state index contributed by atoms with van der Waals surface area (Å²) in [6, 6.07) is 12.1. The van der Waals surface area contributed by atoms with E-state index in [1.807, 2.05) is 18.3 Å². The monoisotopic (exact) mass is 432 g/mol. The van der Waals surface area contributed by atoms with Crippen LogP contribution in [0, 0.1) is 18.8 Å². The Kier molecular flexibility index (Phi) is 5.68. The smallest absolute Gasteiger partial charge is 0.335 e. The van der Waals surface area contributed by atoms with E-state index in [0.717, 1.165) is 37.1 Å². The van der Waals surface area contributed by atoms with Crippen LogP contribution in [0.4, 0.5) is 0 Å². The predicted octanol–water partition coefficient (Wildman–Crippen LogP) is 5.94. The lowest BCUT2D eigenvalue weighted by Gasteiger charge is -2.40. The Bertz CT molecular complexity index is 1110. The summed E-state index contributed by atoms with van der Waals surface area (Å²) < 4.78 is 5.80. The fourth-order valence-electron chi connectivity index (χ4n) is 5.49. The molecule has 32 heavy (non-hydrogen) atoms. The number of hydrogen-bond donors (Lipinski definition) is 2. The topological polar surface area (TPSA) is 65.6 Å². The summed E-state index contributed by atoms with van der Waals surface area (Å²) in [6.07, 6.45) is 8.49. The summed E-state index contributed by atoms with van der Waals surface area (Å²) in [7, 11) is 1.75. The van der Waals surface area contributed by atoms with E-state index in [1.54, 1.807) is 19.2 Å². The zero-order valence-corrected chi connectivity index (χ0v) is 18.9. The number of carboxylic acids is 1. The average molecular weight is 433 g/mol. The molecule has 5 nitrogen and oxygen atoms in total. The first-order valence-corrected chi connectivity index (χ1v) is 11.7. The predicted molar refractivity (Wildman–Crippen MR) is 126 cm³/mol. The Morgan fingerprint density at radius 2 is 1.94 bits per heavy atom. The van der Waals surface area contributed by atoms with Gasteiger partial charge < -0.3 is 14.8 Å². The summed E-state index contributed by atoms with van der Waals surface area (Å²) in [6.45, 7) is 3.98. The molecule has 5 rings (SSSR count). The van der Waals surface area contributed by atoms with E-state index in [4.69, 9.17) is 4.74 Å². The van der Waals surface area contributed by atoms with Gasteiger partial charge in [-0.15, -0.1) is 0 Å². The van der Waals surface area contributed by atoms with Crippen molar-refractivity contribution in [2.24, 2.45) is 11.8 Å². The molecule has 1 aliphatic heterocycles. The minimum Gasteiger partial charge on any atom is -0.496 e. The highest BCUT2D eigenvalue weighted by Gasteiger charge is 2.34. The lowest BCUT2D eigenvalue weighted by Crippen LogP contribution is -2.36. The molecule has 5 heteroatoms. The number of likely N-dealkylation sites (tertiary alicyclic amines) is 1. The summed E-state index contributed by atoms with van der Waals surface area (Å²) in [5.41, 5.74) is 5.15. The van der Waals surface area contributed by atoms with Crippen LogP contribution in [0.25, 0.3) is 10.9 Å². The molecule has 1 saturated heterocycles. The highest BCUT2D eigenvalue weighted by atomic mass is 16.5. The van der Waals surface area contributed by atoms with Gasteiger partial charge in [-0.3, -0.25) is 4.90 Å². The number of aromatic amines is 1. The van der Waals surface area contributed by atoms with Gasteiger partial charge in [0, 0.05) is 35.2 Å². The Morgan fingerprint density at radius 1 is 1.16 bits per heavy atom. The van der Waals surface area contributed by atoms with Crippen LogP contribution in [0.2, 0.25) is 0 Å². The first-order valence-electron chi connectivity index (χ1n) is 11.7. The molecule has 1 aromatic heterocycles. The number of hydrogen-bond acceptors (Lipinski definition) is 3. The molecule has 2 aliphatic rings. The van der Waals surface area contributed by atoms with Crippen molar-refractivity contribution < 1.29 is 14.6 Å². The summed E-state index contributed by atoms with van der Waals surface area (Å²) in [5, 5.41) is 10.5. The van der Waals surface area contributed by atoms with Gasteiger partial charge in [0.2, 0.25) is 0 Å². The number of aromatic carboxylic acids is 1. The van der Waals surface area contributed by atoms with Crippen LogP contribution in [0.5, 0.6) is 5.75 Å². The largest absolute Gasteiger partial charge is 0.496 e. The number of carbonyl (C=O) groups is 1. The van der Waals surface area contributed by atoms with Gasteiger partial charge in [0.25, 0.3) is 0 Å². The van der Waals surface area contributed by atoms with Gasteiger partial charge in [-0.05, 0) is 80.0 Å². The van der Waals surface area contributed by atoms with Gasteiger partial charge >= 0.3 is 5.97 Å². The maximum absolute atomic E-state index is 11.3. The Labute approximate surface area is 189 Å². The zero-order valence-electron chi connectivity index (χ0n) is 18.9. The third-order valence-electron chi connectivity index (χ3n) is 7.42. The van der Waals surface area contributed by atoms with Crippen LogP contribution in [0.3, 0.4) is 0 Å². The summed E-state index contributed by atoms with van der Waals surface area (Å²) in [5.74, 6) is 1.74. The Balaban J connectivity index is 1.47. The standard InChI is InChI=1S/C27H32N2O3/c1-17-13-25(32-2)23(22-9-11-28-26(17)22)16-29-12-10-19(14-18-3-4-18)15-24(29)20-5-7-21(8-6-20)27(30)31/h5-9,11,13,18-19,24,28H,3-4,10,12,14-16H2,1-2H3,(H,30,31)/t19?,24-/m0/s1. The number of nitrogens with zero attached hydrogens (tertiary/aromatic N) is 1. The van der Waals surface area contributed by atoms with E-state index < -0.39 is 5.97 Å². The number of benzene rings is 2. The molecule has 2 atom stereocenters. The number of rotatable bonds is 7. The number of carboxylic acid groups (broad SMARTS) is 1. The molecule has 3 aromatic rings. The van der Waals surface area contributed by atoms with Crippen molar-refractivity contribution >= 4 is 16.9 Å². The molecule has 0 bridgehead atoms. The molecule has 1 aliphatic carbocycles. The summed E-state index contributed by atoms with van der Waals surface area (Å²) in [4.78, 5) is 17.3. The number of aromatic nitrogens is 1. The molecular formula is C27H32N2O3. The maximum atomic E-state index is 11.3. The van der Waals surface area contributed by atoms with Crippen molar-refractivity contribution in [1.29, 1.82) is 0 Å². The van der Waals surface area contributed by atoms with Gasteiger partial charge in [0.1, 0.15) is 5.75 Å². The molecule has 168 valence electrons. The third kappa shape index (κ3) is 4.14. The second kappa shape index (κ2) is 8.62. The SMILES string of the molecule is COc1cc(C)c2[nH]ccc2c1CN1CCC(CC2CC2)C[C@H]1c1ccc(C(=O)O)cc1. The maximum Gasteiger partial charge on any atom is 0.335 e. The molecule has 2 aromatic carbocycles. The first-order chi connectivity index (χ1) is 15.5. The fraction of sp³-hybridized carbons (Fsp3) is 0.444. The molecule has 2 heterocycles. The van der Waals surface area contributed by atoms with Gasteiger partial charge in [-0.25, -0.2) is 4.79 Å². The molecule has 2 fully saturated rings. The molecule has 0 amide bonds. The number of aryl methyl sites for hydroxylation is 1. The van der Waals surface area contributed by atoms with Crippen LogP contribution < -0.4 is 4.74 Å². The molecule has 1 saturated carbocycles. The van der Waals surface area contributed by atoms with E-state index in [9.17, 15) is 9.90 Å².